The highest BCUT2D eigenvalue weighted by atomic mass is 32.2. The van der Waals surface area contributed by atoms with Gasteiger partial charge in [0.05, 0.1) is 5.25 Å². The van der Waals surface area contributed by atoms with Gasteiger partial charge in [-0.2, -0.15) is 0 Å². The lowest BCUT2D eigenvalue weighted by Gasteiger charge is -2.11. The average Bonchev–Trinajstić information content (AvgIpc) is 1.85. The molecule has 0 amide bonds. The van der Waals surface area contributed by atoms with Gasteiger partial charge in [0, 0.05) is 0 Å². The molecular weight excluding hydrogens is 162 g/mol. The van der Waals surface area contributed by atoms with Crippen LogP contribution in [0.3, 0.4) is 0 Å². The van der Waals surface area contributed by atoms with Crippen molar-refractivity contribution in [2.75, 3.05) is 0 Å². The minimum absolute atomic E-state index is 0.198. The lowest BCUT2D eigenvalue weighted by molar-refractivity contribution is 0.559. The first kappa shape index (κ1) is 10.7. The van der Waals surface area contributed by atoms with Crippen molar-refractivity contribution >= 4 is 10.0 Å². The standard InChI is InChI=1S/C7H15NO2S/c1-4-6(2)5-7(3)11(8,9)10/h4,6-7H,1,5H2,2-3H3,(H2,8,9,10)/t6-,7+/m0/s1. The SMILES string of the molecule is C=C[C@H](C)C[C@@H](C)S(N)(=O)=O. The van der Waals surface area contributed by atoms with E-state index in [1.54, 1.807) is 13.0 Å². The molecule has 0 aromatic rings. The molecule has 0 radical (unpaired) electrons. The second-order valence-corrected chi connectivity index (χ2v) is 4.83. The summed E-state index contributed by atoms with van der Waals surface area (Å²) in [5.41, 5.74) is 0. The Bertz CT molecular complexity index is 221. The molecule has 0 fully saturated rings. The minimum atomic E-state index is -3.36. The molecule has 0 heterocycles. The molecule has 11 heavy (non-hydrogen) atoms. The van der Waals surface area contributed by atoms with Gasteiger partial charge in [-0.05, 0) is 19.3 Å². The first-order valence-electron chi connectivity index (χ1n) is 3.52. The van der Waals surface area contributed by atoms with Crippen LogP contribution in [0, 0.1) is 5.92 Å². The summed E-state index contributed by atoms with van der Waals surface area (Å²) in [7, 11) is -3.36. The smallest absolute Gasteiger partial charge is 0.211 e. The summed E-state index contributed by atoms with van der Waals surface area (Å²) in [4.78, 5) is 0. The first-order valence-corrected chi connectivity index (χ1v) is 5.13. The Morgan fingerprint density at radius 2 is 2.00 bits per heavy atom. The maximum absolute atomic E-state index is 10.7. The molecule has 0 saturated heterocycles. The van der Waals surface area contributed by atoms with Crippen molar-refractivity contribution in [3.8, 4) is 0 Å². The second-order valence-electron chi connectivity index (χ2n) is 2.85. The van der Waals surface area contributed by atoms with E-state index in [0.29, 0.717) is 6.42 Å². The van der Waals surface area contributed by atoms with Crippen molar-refractivity contribution < 1.29 is 8.42 Å². The summed E-state index contributed by atoms with van der Waals surface area (Å²) >= 11 is 0. The van der Waals surface area contributed by atoms with Crippen molar-refractivity contribution in [1.82, 2.24) is 0 Å². The molecule has 3 nitrogen and oxygen atoms in total. The topological polar surface area (TPSA) is 60.2 Å². The fraction of sp³-hybridized carbons (Fsp3) is 0.714. The Hall–Kier alpha value is -0.350. The number of rotatable bonds is 4. The molecule has 0 rings (SSSR count). The van der Waals surface area contributed by atoms with Gasteiger partial charge in [0.15, 0.2) is 0 Å². The minimum Gasteiger partial charge on any atom is -0.228 e. The largest absolute Gasteiger partial charge is 0.228 e. The van der Waals surface area contributed by atoms with E-state index in [-0.39, 0.29) is 5.92 Å². The van der Waals surface area contributed by atoms with E-state index in [0.717, 1.165) is 0 Å². The quantitative estimate of drug-likeness (QED) is 0.648. The van der Waals surface area contributed by atoms with Crippen molar-refractivity contribution in [2.24, 2.45) is 11.1 Å². The van der Waals surface area contributed by atoms with Crippen LogP contribution >= 0.6 is 0 Å². The number of hydrogen-bond donors (Lipinski definition) is 1. The van der Waals surface area contributed by atoms with E-state index in [4.69, 9.17) is 5.14 Å². The number of allylic oxidation sites excluding steroid dienone is 1. The molecule has 0 aliphatic rings. The highest BCUT2D eigenvalue weighted by Gasteiger charge is 2.16. The third kappa shape index (κ3) is 4.16. The summed E-state index contributed by atoms with van der Waals surface area (Å²) in [5.74, 6) is 0.198. The lowest BCUT2D eigenvalue weighted by Crippen LogP contribution is -2.27. The number of nitrogens with two attached hydrogens (primary N) is 1. The van der Waals surface area contributed by atoms with Crippen LogP contribution in [0.15, 0.2) is 12.7 Å². The Morgan fingerprint density at radius 1 is 1.55 bits per heavy atom. The maximum Gasteiger partial charge on any atom is 0.211 e. The van der Waals surface area contributed by atoms with Gasteiger partial charge in [0.2, 0.25) is 10.0 Å². The Balaban J connectivity index is 4.09. The lowest BCUT2D eigenvalue weighted by atomic mass is 10.1. The number of hydrogen-bond acceptors (Lipinski definition) is 2. The molecule has 0 aliphatic heterocycles. The molecule has 0 bridgehead atoms. The van der Waals surface area contributed by atoms with Gasteiger partial charge in [-0.1, -0.05) is 13.0 Å². The zero-order valence-corrected chi connectivity index (χ0v) is 7.76. The molecular formula is C7H15NO2S. The van der Waals surface area contributed by atoms with E-state index in [9.17, 15) is 8.42 Å². The Morgan fingerprint density at radius 3 is 2.27 bits per heavy atom. The van der Waals surface area contributed by atoms with Crippen molar-refractivity contribution in [1.29, 1.82) is 0 Å². The predicted octanol–water partition coefficient (Wildman–Crippen LogP) is 0.876. The summed E-state index contributed by atoms with van der Waals surface area (Å²) in [6, 6.07) is 0. The monoisotopic (exact) mass is 177 g/mol. The van der Waals surface area contributed by atoms with Crippen LogP contribution in [0.2, 0.25) is 0 Å². The molecule has 2 atom stereocenters. The van der Waals surface area contributed by atoms with Gasteiger partial charge in [0.25, 0.3) is 0 Å². The molecule has 66 valence electrons. The van der Waals surface area contributed by atoms with E-state index in [1.165, 1.54) is 0 Å². The van der Waals surface area contributed by atoms with Crippen molar-refractivity contribution in [3.63, 3.8) is 0 Å². The second kappa shape index (κ2) is 3.88. The van der Waals surface area contributed by atoms with Crippen LogP contribution < -0.4 is 5.14 Å². The Labute approximate surface area is 68.3 Å². The maximum atomic E-state index is 10.7. The number of primary sulfonamides is 1. The van der Waals surface area contributed by atoms with Crippen LogP contribution in [0.1, 0.15) is 20.3 Å². The third-order valence-corrected chi connectivity index (χ3v) is 2.98. The summed E-state index contributed by atoms with van der Waals surface area (Å²) in [6.07, 6.45) is 2.27. The highest BCUT2D eigenvalue weighted by molar-refractivity contribution is 7.89. The molecule has 0 spiro atoms. The van der Waals surface area contributed by atoms with Crippen LogP contribution in [0.5, 0.6) is 0 Å². The zero-order valence-electron chi connectivity index (χ0n) is 6.95. The number of sulfonamides is 1. The Kier molecular flexibility index (Phi) is 3.75. The van der Waals surface area contributed by atoms with Gasteiger partial charge in [-0.3, -0.25) is 0 Å². The zero-order chi connectivity index (χ0) is 9.07. The molecule has 0 unspecified atom stereocenters. The van der Waals surface area contributed by atoms with E-state index < -0.39 is 15.3 Å². The third-order valence-electron chi connectivity index (χ3n) is 1.67. The molecule has 4 heteroatoms. The van der Waals surface area contributed by atoms with Crippen LogP contribution in [-0.4, -0.2) is 13.7 Å². The first-order chi connectivity index (χ1) is 4.88. The van der Waals surface area contributed by atoms with Gasteiger partial charge in [-0.25, -0.2) is 13.6 Å². The van der Waals surface area contributed by atoms with Crippen molar-refractivity contribution in [3.05, 3.63) is 12.7 Å². The summed E-state index contributed by atoms with van der Waals surface area (Å²) in [5, 5.41) is 4.44. The fourth-order valence-corrected chi connectivity index (χ4v) is 1.33. The summed E-state index contributed by atoms with van der Waals surface area (Å²) < 4.78 is 21.5. The van der Waals surface area contributed by atoms with E-state index in [1.807, 2.05) is 6.92 Å². The normalized spacial score (nSPS) is 17.4. The molecule has 2 N–H and O–H groups in total. The van der Waals surface area contributed by atoms with Gasteiger partial charge in [0.1, 0.15) is 0 Å². The summed E-state index contributed by atoms with van der Waals surface area (Å²) in [6.45, 7) is 7.08. The fourth-order valence-electron chi connectivity index (χ4n) is 0.754. The van der Waals surface area contributed by atoms with Crippen LogP contribution in [0.4, 0.5) is 0 Å². The average molecular weight is 177 g/mol. The van der Waals surface area contributed by atoms with Gasteiger partial charge < -0.3 is 0 Å². The van der Waals surface area contributed by atoms with E-state index >= 15 is 0 Å². The predicted molar refractivity (Wildman–Crippen MR) is 46.5 cm³/mol. The van der Waals surface area contributed by atoms with Crippen molar-refractivity contribution in [2.45, 2.75) is 25.5 Å². The molecule has 0 aromatic heterocycles. The van der Waals surface area contributed by atoms with Crippen LogP contribution in [-0.2, 0) is 10.0 Å². The van der Waals surface area contributed by atoms with E-state index in [2.05, 4.69) is 6.58 Å². The van der Waals surface area contributed by atoms with Gasteiger partial charge >= 0.3 is 0 Å². The molecule has 0 aliphatic carbocycles. The highest BCUT2D eigenvalue weighted by Crippen LogP contribution is 2.10. The molecule has 0 aromatic carbocycles. The van der Waals surface area contributed by atoms with Gasteiger partial charge in [-0.15, -0.1) is 6.58 Å². The van der Waals surface area contributed by atoms with Crippen LogP contribution in [0.25, 0.3) is 0 Å². The molecule has 0 saturated carbocycles.